The average Bonchev–Trinajstić information content (AvgIpc) is 2.55. The molecule has 0 aliphatic rings. The van der Waals surface area contributed by atoms with Gasteiger partial charge in [-0.05, 0) is 42.8 Å². The normalized spacial score (nSPS) is 11.6. The van der Waals surface area contributed by atoms with Gasteiger partial charge in [-0.25, -0.2) is 13.4 Å². The minimum absolute atomic E-state index is 0.0807. The molecule has 0 aliphatic carbocycles. The van der Waals surface area contributed by atoms with Crippen LogP contribution in [0.1, 0.15) is 29.8 Å². The number of aromatic nitrogens is 1. The first kappa shape index (κ1) is 19.4. The number of anilines is 1. The lowest BCUT2D eigenvalue weighted by Crippen LogP contribution is -2.31. The molecule has 0 atom stereocenters. The zero-order valence-electron chi connectivity index (χ0n) is 14.3. The second kappa shape index (κ2) is 7.95. The molecule has 1 heterocycles. The van der Waals surface area contributed by atoms with Crippen molar-refractivity contribution in [2.24, 2.45) is 0 Å². The van der Waals surface area contributed by atoms with Crippen LogP contribution in [0.25, 0.3) is 0 Å². The smallest absolute Gasteiger partial charge is 0.256 e. The lowest BCUT2D eigenvalue weighted by atomic mass is 10.2. The molecule has 1 N–H and O–H groups in total. The quantitative estimate of drug-likeness (QED) is 0.832. The Morgan fingerprint density at radius 3 is 2.48 bits per heavy atom. The molecule has 1 aromatic carbocycles. The van der Waals surface area contributed by atoms with E-state index in [1.165, 1.54) is 22.5 Å². The van der Waals surface area contributed by atoms with Gasteiger partial charge in [0.25, 0.3) is 5.91 Å². The van der Waals surface area contributed by atoms with Crippen molar-refractivity contribution < 1.29 is 13.2 Å². The summed E-state index contributed by atoms with van der Waals surface area (Å²) in [6.45, 7) is 6.01. The number of nitrogens with one attached hydrogen (secondary N) is 1. The third kappa shape index (κ3) is 4.36. The molecule has 0 aliphatic heterocycles. The summed E-state index contributed by atoms with van der Waals surface area (Å²) in [7, 11) is -3.76. The third-order valence-electron chi connectivity index (χ3n) is 3.67. The van der Waals surface area contributed by atoms with Crippen molar-refractivity contribution in [3.8, 4) is 0 Å². The Balaban J connectivity index is 2.37. The van der Waals surface area contributed by atoms with E-state index < -0.39 is 15.9 Å². The zero-order valence-corrected chi connectivity index (χ0v) is 15.9. The summed E-state index contributed by atoms with van der Waals surface area (Å²) < 4.78 is 26.7. The van der Waals surface area contributed by atoms with Crippen LogP contribution in [-0.2, 0) is 10.0 Å². The number of halogens is 1. The molecule has 134 valence electrons. The van der Waals surface area contributed by atoms with E-state index in [-0.39, 0.29) is 15.5 Å². The molecule has 8 heteroatoms. The van der Waals surface area contributed by atoms with Gasteiger partial charge in [0.1, 0.15) is 10.7 Å². The molecule has 6 nitrogen and oxygen atoms in total. The Bertz CT molecular complexity index is 880. The summed E-state index contributed by atoms with van der Waals surface area (Å²) in [6, 6.07) is 7.72. The number of carbonyl (C=O) groups excluding carboxylic acids is 1. The van der Waals surface area contributed by atoms with E-state index in [1.807, 2.05) is 13.0 Å². The Morgan fingerprint density at radius 1 is 1.20 bits per heavy atom. The maximum atomic E-state index is 12.7. The minimum atomic E-state index is -3.76. The van der Waals surface area contributed by atoms with Gasteiger partial charge in [0.15, 0.2) is 0 Å². The maximum Gasteiger partial charge on any atom is 0.256 e. The number of sulfonamides is 1. The lowest BCUT2D eigenvalue weighted by molar-refractivity contribution is 0.102. The van der Waals surface area contributed by atoms with Crippen molar-refractivity contribution >= 4 is 33.3 Å². The van der Waals surface area contributed by atoms with Crippen molar-refractivity contribution in [1.29, 1.82) is 0 Å². The first-order chi connectivity index (χ1) is 11.8. The van der Waals surface area contributed by atoms with Gasteiger partial charge in [-0.2, -0.15) is 4.31 Å². The molecule has 2 rings (SSSR count). The number of carbonyl (C=O) groups is 1. The van der Waals surface area contributed by atoms with Gasteiger partial charge in [-0.1, -0.05) is 25.4 Å². The molecule has 1 aromatic heterocycles. The summed E-state index contributed by atoms with van der Waals surface area (Å²) in [5.41, 5.74) is 1.14. The number of benzene rings is 1. The Labute approximate surface area is 152 Å². The van der Waals surface area contributed by atoms with Crippen LogP contribution in [0.2, 0.25) is 5.02 Å². The van der Waals surface area contributed by atoms with Crippen LogP contribution >= 0.6 is 11.6 Å². The van der Waals surface area contributed by atoms with E-state index in [2.05, 4.69) is 10.3 Å². The average molecular weight is 382 g/mol. The van der Waals surface area contributed by atoms with E-state index in [4.69, 9.17) is 11.6 Å². The highest BCUT2D eigenvalue weighted by molar-refractivity contribution is 7.89. The molecule has 0 spiro atoms. The summed E-state index contributed by atoms with van der Waals surface area (Å²) in [6.07, 6.45) is 1.59. The van der Waals surface area contributed by atoms with Crippen LogP contribution in [0, 0.1) is 6.92 Å². The van der Waals surface area contributed by atoms with Crippen LogP contribution in [0.5, 0.6) is 0 Å². The summed E-state index contributed by atoms with van der Waals surface area (Å²) in [5.74, 6) is -0.0566. The number of aryl methyl sites for hydroxylation is 1. The summed E-state index contributed by atoms with van der Waals surface area (Å²) >= 11 is 6.07. The number of amides is 1. The maximum absolute atomic E-state index is 12.7. The number of pyridine rings is 1. The molecular formula is C17H20ClN3O3S. The number of rotatable bonds is 6. The minimum Gasteiger partial charge on any atom is -0.307 e. The first-order valence-electron chi connectivity index (χ1n) is 7.83. The second-order valence-electron chi connectivity index (χ2n) is 5.41. The highest BCUT2D eigenvalue weighted by Crippen LogP contribution is 2.26. The van der Waals surface area contributed by atoms with E-state index in [1.54, 1.807) is 26.1 Å². The zero-order chi connectivity index (χ0) is 18.6. The molecule has 0 fully saturated rings. The fourth-order valence-corrected chi connectivity index (χ4v) is 4.30. The summed E-state index contributed by atoms with van der Waals surface area (Å²) in [4.78, 5) is 16.4. The van der Waals surface area contributed by atoms with Crippen molar-refractivity contribution in [3.05, 3.63) is 52.7 Å². The van der Waals surface area contributed by atoms with E-state index in [0.29, 0.717) is 18.9 Å². The third-order valence-corrected chi connectivity index (χ3v) is 6.21. The van der Waals surface area contributed by atoms with Crippen LogP contribution < -0.4 is 5.32 Å². The van der Waals surface area contributed by atoms with E-state index >= 15 is 0 Å². The van der Waals surface area contributed by atoms with Crippen molar-refractivity contribution in [1.82, 2.24) is 9.29 Å². The number of hydrogen-bond donors (Lipinski definition) is 1. The second-order valence-corrected chi connectivity index (χ2v) is 7.72. The largest absolute Gasteiger partial charge is 0.307 e. The Morgan fingerprint density at radius 2 is 1.88 bits per heavy atom. The van der Waals surface area contributed by atoms with Gasteiger partial charge in [0.2, 0.25) is 10.0 Å². The first-order valence-corrected chi connectivity index (χ1v) is 9.65. The lowest BCUT2D eigenvalue weighted by Gasteiger charge is -2.19. The van der Waals surface area contributed by atoms with Gasteiger partial charge >= 0.3 is 0 Å². The molecule has 0 saturated carbocycles. The fourth-order valence-electron chi connectivity index (χ4n) is 2.34. The fraction of sp³-hybridized carbons (Fsp3) is 0.294. The van der Waals surface area contributed by atoms with Gasteiger partial charge < -0.3 is 5.32 Å². The van der Waals surface area contributed by atoms with Gasteiger partial charge in [0.05, 0.1) is 5.02 Å². The molecule has 25 heavy (non-hydrogen) atoms. The molecule has 1 amide bonds. The van der Waals surface area contributed by atoms with Crippen LogP contribution in [0.3, 0.4) is 0 Å². The molecule has 0 bridgehead atoms. The number of hydrogen-bond acceptors (Lipinski definition) is 4. The molecule has 0 saturated heterocycles. The van der Waals surface area contributed by atoms with Crippen LogP contribution in [0.4, 0.5) is 5.82 Å². The topological polar surface area (TPSA) is 79.4 Å². The van der Waals surface area contributed by atoms with Crippen molar-refractivity contribution in [3.63, 3.8) is 0 Å². The molecule has 0 unspecified atom stereocenters. The van der Waals surface area contributed by atoms with Gasteiger partial charge in [-0.3, -0.25) is 4.79 Å². The molecular weight excluding hydrogens is 362 g/mol. The van der Waals surface area contributed by atoms with Crippen molar-refractivity contribution in [2.45, 2.75) is 25.7 Å². The highest BCUT2D eigenvalue weighted by atomic mass is 35.5. The molecule has 2 aromatic rings. The SMILES string of the molecule is CCN(CC)S(=O)(=O)c1cc(C(=O)Nc2cc(C)ccn2)ccc1Cl. The van der Waals surface area contributed by atoms with E-state index in [0.717, 1.165) is 5.56 Å². The van der Waals surface area contributed by atoms with Gasteiger partial charge in [0, 0.05) is 24.8 Å². The highest BCUT2D eigenvalue weighted by Gasteiger charge is 2.25. The van der Waals surface area contributed by atoms with Crippen LogP contribution in [-0.4, -0.2) is 36.7 Å². The van der Waals surface area contributed by atoms with Crippen molar-refractivity contribution in [2.75, 3.05) is 18.4 Å². The molecule has 0 radical (unpaired) electrons. The van der Waals surface area contributed by atoms with Crippen LogP contribution in [0.15, 0.2) is 41.4 Å². The Hall–Kier alpha value is -1.96. The van der Waals surface area contributed by atoms with Gasteiger partial charge in [-0.15, -0.1) is 0 Å². The predicted molar refractivity (Wildman–Crippen MR) is 98.5 cm³/mol. The number of nitrogens with zero attached hydrogens (tertiary/aromatic N) is 2. The Kier molecular flexibility index (Phi) is 6.16. The monoisotopic (exact) mass is 381 g/mol. The van der Waals surface area contributed by atoms with E-state index in [9.17, 15) is 13.2 Å². The standard InChI is InChI=1S/C17H20ClN3O3S/c1-4-21(5-2)25(23,24)15-11-13(6-7-14(15)18)17(22)20-16-10-12(3)8-9-19-16/h6-11H,4-5H2,1-3H3,(H,19,20,22). The predicted octanol–water partition coefficient (Wildman–Crippen LogP) is 3.33. The summed E-state index contributed by atoms with van der Waals surface area (Å²) in [5, 5.41) is 2.73.